The summed E-state index contributed by atoms with van der Waals surface area (Å²) >= 11 is 0. The van der Waals surface area contributed by atoms with Crippen molar-refractivity contribution in [3.63, 3.8) is 0 Å². The molecule has 0 bridgehead atoms. The van der Waals surface area contributed by atoms with Crippen LogP contribution < -0.4 is 15.2 Å². The van der Waals surface area contributed by atoms with Crippen LogP contribution in [-0.2, 0) is 6.42 Å². The Kier molecular flexibility index (Phi) is 6.67. The van der Waals surface area contributed by atoms with E-state index in [1.54, 1.807) is 0 Å². The normalized spacial score (nSPS) is 12.5. The summed E-state index contributed by atoms with van der Waals surface area (Å²) in [4.78, 5) is 2.09. The van der Waals surface area contributed by atoms with Crippen LogP contribution in [0.5, 0.6) is 11.5 Å². The number of likely N-dealkylation sites (N-methyl/N-ethyl adjacent to an activating group) is 1. The second-order valence-corrected chi connectivity index (χ2v) is 5.05. The smallest absolute Gasteiger partial charge is 0.161 e. The molecule has 0 aliphatic heterocycles. The fraction of sp³-hybridized carbons (Fsp3) is 0.600. The molecule has 1 aromatic carbocycles. The molecule has 0 amide bonds. The third-order valence-electron chi connectivity index (χ3n) is 2.66. The van der Waals surface area contributed by atoms with Crippen molar-refractivity contribution in [2.75, 3.05) is 33.9 Å². The first-order valence-electron chi connectivity index (χ1n) is 6.81. The summed E-state index contributed by atoms with van der Waals surface area (Å²) in [6, 6.07) is 6.20. The molecule has 0 saturated carbocycles. The number of benzene rings is 1. The first-order chi connectivity index (χ1) is 9.02. The molecular weight excluding hydrogens is 240 g/mol. The zero-order chi connectivity index (χ0) is 14.3. The van der Waals surface area contributed by atoms with Crippen LogP contribution in [0.4, 0.5) is 0 Å². The second-order valence-electron chi connectivity index (χ2n) is 5.05. The van der Waals surface area contributed by atoms with E-state index >= 15 is 0 Å². The number of nitrogens with zero attached hydrogens (tertiary/aromatic N) is 1. The molecule has 0 saturated heterocycles. The van der Waals surface area contributed by atoms with E-state index in [4.69, 9.17) is 15.2 Å². The second kappa shape index (κ2) is 8.02. The van der Waals surface area contributed by atoms with Gasteiger partial charge in [0.05, 0.1) is 6.61 Å². The fourth-order valence-electron chi connectivity index (χ4n) is 1.78. The Bertz CT molecular complexity index is 378. The number of rotatable bonds is 8. The minimum Gasteiger partial charge on any atom is -0.490 e. The molecule has 0 aliphatic rings. The molecule has 2 N–H and O–H groups in total. The number of ether oxygens (including phenoxy) is 2. The first-order valence-corrected chi connectivity index (χ1v) is 6.81. The maximum Gasteiger partial charge on any atom is 0.161 e. The number of hydrogen-bond acceptors (Lipinski definition) is 4. The lowest BCUT2D eigenvalue weighted by Crippen LogP contribution is -2.20. The van der Waals surface area contributed by atoms with E-state index in [2.05, 4.69) is 11.0 Å². The molecule has 0 aliphatic carbocycles. The summed E-state index contributed by atoms with van der Waals surface area (Å²) in [5, 5.41) is 0. The molecule has 1 rings (SSSR count). The predicted molar refractivity (Wildman–Crippen MR) is 79.0 cm³/mol. The SMILES string of the molecule is CCOc1cc(CC(C)N)ccc1OCCN(C)C. The van der Waals surface area contributed by atoms with Crippen molar-refractivity contribution in [3.8, 4) is 11.5 Å². The topological polar surface area (TPSA) is 47.7 Å². The van der Waals surface area contributed by atoms with Gasteiger partial charge in [-0.05, 0) is 52.1 Å². The largest absolute Gasteiger partial charge is 0.490 e. The van der Waals surface area contributed by atoms with Gasteiger partial charge in [-0.25, -0.2) is 0 Å². The Hall–Kier alpha value is -1.26. The minimum absolute atomic E-state index is 0.148. The van der Waals surface area contributed by atoms with E-state index in [0.717, 1.165) is 24.5 Å². The van der Waals surface area contributed by atoms with E-state index in [0.29, 0.717) is 13.2 Å². The van der Waals surface area contributed by atoms with Gasteiger partial charge in [-0.1, -0.05) is 6.07 Å². The highest BCUT2D eigenvalue weighted by molar-refractivity contribution is 5.43. The van der Waals surface area contributed by atoms with Crippen LogP contribution in [0.3, 0.4) is 0 Å². The fourth-order valence-corrected chi connectivity index (χ4v) is 1.78. The van der Waals surface area contributed by atoms with Crippen molar-refractivity contribution in [2.24, 2.45) is 5.73 Å². The number of nitrogens with two attached hydrogens (primary N) is 1. The van der Waals surface area contributed by atoms with Gasteiger partial charge in [0.25, 0.3) is 0 Å². The van der Waals surface area contributed by atoms with Gasteiger partial charge in [0.1, 0.15) is 6.61 Å². The Labute approximate surface area is 116 Å². The van der Waals surface area contributed by atoms with Gasteiger partial charge in [-0.15, -0.1) is 0 Å². The zero-order valence-electron chi connectivity index (χ0n) is 12.5. The van der Waals surface area contributed by atoms with Crippen molar-refractivity contribution in [1.29, 1.82) is 0 Å². The molecular formula is C15H26N2O2. The summed E-state index contributed by atoms with van der Waals surface area (Å²) in [5.41, 5.74) is 7.00. The van der Waals surface area contributed by atoms with Gasteiger partial charge in [-0.2, -0.15) is 0 Å². The maximum atomic E-state index is 5.82. The van der Waals surface area contributed by atoms with Crippen LogP contribution in [0, 0.1) is 0 Å². The molecule has 4 nitrogen and oxygen atoms in total. The van der Waals surface area contributed by atoms with Crippen LogP contribution in [0.2, 0.25) is 0 Å². The minimum atomic E-state index is 0.148. The molecule has 1 aromatic rings. The average molecular weight is 266 g/mol. The van der Waals surface area contributed by atoms with Gasteiger partial charge in [0.15, 0.2) is 11.5 Å². The third kappa shape index (κ3) is 5.94. The monoisotopic (exact) mass is 266 g/mol. The molecule has 1 unspecified atom stereocenters. The van der Waals surface area contributed by atoms with Crippen molar-refractivity contribution < 1.29 is 9.47 Å². The first kappa shape index (κ1) is 15.8. The van der Waals surface area contributed by atoms with E-state index in [1.807, 2.05) is 40.1 Å². The van der Waals surface area contributed by atoms with E-state index in [1.165, 1.54) is 5.56 Å². The molecule has 0 heterocycles. The molecule has 108 valence electrons. The van der Waals surface area contributed by atoms with Crippen LogP contribution >= 0.6 is 0 Å². The van der Waals surface area contributed by atoms with Gasteiger partial charge < -0.3 is 20.1 Å². The average Bonchev–Trinajstić information content (AvgIpc) is 2.31. The van der Waals surface area contributed by atoms with Gasteiger partial charge in [-0.3, -0.25) is 0 Å². The van der Waals surface area contributed by atoms with Crippen LogP contribution in [-0.4, -0.2) is 44.8 Å². The highest BCUT2D eigenvalue weighted by Gasteiger charge is 2.08. The molecule has 1 atom stereocenters. The van der Waals surface area contributed by atoms with E-state index in [9.17, 15) is 0 Å². The van der Waals surface area contributed by atoms with Gasteiger partial charge in [0, 0.05) is 12.6 Å². The summed E-state index contributed by atoms with van der Waals surface area (Å²) in [6.07, 6.45) is 0.845. The number of hydrogen-bond donors (Lipinski definition) is 1. The van der Waals surface area contributed by atoms with Gasteiger partial charge >= 0.3 is 0 Å². The Morgan fingerprint density at radius 3 is 2.53 bits per heavy atom. The Morgan fingerprint density at radius 1 is 1.21 bits per heavy atom. The highest BCUT2D eigenvalue weighted by atomic mass is 16.5. The Morgan fingerprint density at radius 2 is 1.95 bits per heavy atom. The van der Waals surface area contributed by atoms with Crippen molar-refractivity contribution in [3.05, 3.63) is 23.8 Å². The quantitative estimate of drug-likeness (QED) is 0.781. The van der Waals surface area contributed by atoms with Crippen LogP contribution in [0.1, 0.15) is 19.4 Å². The van der Waals surface area contributed by atoms with Gasteiger partial charge in [0.2, 0.25) is 0 Å². The Balaban J connectivity index is 2.73. The molecule has 19 heavy (non-hydrogen) atoms. The van der Waals surface area contributed by atoms with Crippen LogP contribution in [0.25, 0.3) is 0 Å². The summed E-state index contributed by atoms with van der Waals surface area (Å²) in [7, 11) is 4.05. The van der Waals surface area contributed by atoms with Crippen molar-refractivity contribution in [1.82, 2.24) is 4.90 Å². The molecule has 0 aromatic heterocycles. The lowest BCUT2D eigenvalue weighted by Gasteiger charge is -2.15. The van der Waals surface area contributed by atoms with Crippen molar-refractivity contribution >= 4 is 0 Å². The summed E-state index contributed by atoms with van der Waals surface area (Å²) < 4.78 is 11.4. The molecule has 0 fully saturated rings. The zero-order valence-corrected chi connectivity index (χ0v) is 12.5. The third-order valence-corrected chi connectivity index (χ3v) is 2.66. The maximum absolute atomic E-state index is 5.82. The molecule has 4 heteroatoms. The standard InChI is InChI=1S/C15H26N2O2/c1-5-18-15-11-13(10-12(2)16)6-7-14(15)19-9-8-17(3)4/h6-7,11-12H,5,8-10,16H2,1-4H3. The highest BCUT2D eigenvalue weighted by Crippen LogP contribution is 2.28. The summed E-state index contributed by atoms with van der Waals surface area (Å²) in [5.74, 6) is 1.61. The predicted octanol–water partition coefficient (Wildman–Crippen LogP) is 1.92. The summed E-state index contributed by atoms with van der Waals surface area (Å²) in [6.45, 7) is 6.14. The molecule has 0 spiro atoms. The van der Waals surface area contributed by atoms with Crippen molar-refractivity contribution in [2.45, 2.75) is 26.3 Å². The lowest BCUT2D eigenvalue weighted by molar-refractivity contribution is 0.244. The van der Waals surface area contributed by atoms with E-state index in [-0.39, 0.29) is 6.04 Å². The van der Waals surface area contributed by atoms with E-state index < -0.39 is 0 Å². The molecule has 0 radical (unpaired) electrons. The van der Waals surface area contributed by atoms with Crippen LogP contribution in [0.15, 0.2) is 18.2 Å². The lowest BCUT2D eigenvalue weighted by atomic mass is 10.1.